The molecule has 2 nitrogen and oxygen atoms in total. The van der Waals surface area contributed by atoms with E-state index in [-0.39, 0.29) is 5.54 Å². The lowest BCUT2D eigenvalue weighted by Gasteiger charge is -2.43. The van der Waals surface area contributed by atoms with Crippen LogP contribution in [0.2, 0.25) is 0 Å². The Morgan fingerprint density at radius 2 is 2.00 bits per heavy atom. The van der Waals surface area contributed by atoms with E-state index in [1.165, 1.54) is 24.9 Å². The molecule has 0 saturated carbocycles. The van der Waals surface area contributed by atoms with E-state index in [9.17, 15) is 0 Å². The minimum Gasteiger partial charge on any atom is -0.309 e. The summed E-state index contributed by atoms with van der Waals surface area (Å²) in [6, 6.07) is 11.5. The fraction of sp³-hybridized carbons (Fsp3) is 0.625. The fourth-order valence-electron chi connectivity index (χ4n) is 2.70. The first-order valence-electron chi connectivity index (χ1n) is 7.10. The van der Waals surface area contributed by atoms with E-state index in [2.05, 4.69) is 61.3 Å². The number of hydrogen-bond donors (Lipinski definition) is 1. The maximum absolute atomic E-state index is 3.60. The molecule has 2 rings (SSSR count). The first-order chi connectivity index (χ1) is 8.57. The predicted molar refractivity (Wildman–Crippen MR) is 77.9 cm³/mol. The second kappa shape index (κ2) is 5.85. The minimum atomic E-state index is 0.263. The Morgan fingerprint density at radius 1 is 1.28 bits per heavy atom. The van der Waals surface area contributed by atoms with Crippen LogP contribution in [0.3, 0.4) is 0 Å². The molecule has 1 aromatic carbocycles. The Labute approximate surface area is 111 Å². The number of piperazine rings is 1. The van der Waals surface area contributed by atoms with Crippen LogP contribution < -0.4 is 5.32 Å². The van der Waals surface area contributed by atoms with Crippen LogP contribution in [-0.4, -0.2) is 36.1 Å². The Balaban J connectivity index is 1.79. The summed E-state index contributed by atoms with van der Waals surface area (Å²) in [6.45, 7) is 10.4. The van der Waals surface area contributed by atoms with Gasteiger partial charge in [-0.3, -0.25) is 4.90 Å². The Kier molecular flexibility index (Phi) is 4.41. The van der Waals surface area contributed by atoms with Crippen molar-refractivity contribution in [3.8, 4) is 0 Å². The van der Waals surface area contributed by atoms with E-state index in [0.29, 0.717) is 6.04 Å². The second-order valence-corrected chi connectivity index (χ2v) is 6.17. The highest BCUT2D eigenvalue weighted by Crippen LogP contribution is 2.15. The van der Waals surface area contributed by atoms with Crippen LogP contribution in [0.25, 0.3) is 0 Å². The number of aryl methyl sites for hydroxylation is 1. The molecule has 0 bridgehead atoms. The van der Waals surface area contributed by atoms with Crippen molar-refractivity contribution in [3.05, 3.63) is 35.9 Å². The van der Waals surface area contributed by atoms with Crippen LogP contribution in [0.15, 0.2) is 30.3 Å². The molecule has 18 heavy (non-hydrogen) atoms. The number of nitrogens with zero attached hydrogens (tertiary/aromatic N) is 1. The molecule has 1 atom stereocenters. The van der Waals surface area contributed by atoms with Crippen molar-refractivity contribution in [2.75, 3.05) is 19.6 Å². The molecule has 0 aromatic heterocycles. The third kappa shape index (κ3) is 3.82. The van der Waals surface area contributed by atoms with Crippen LogP contribution in [0, 0.1) is 0 Å². The largest absolute Gasteiger partial charge is 0.309 e. The normalized spacial score (nSPS) is 24.1. The summed E-state index contributed by atoms with van der Waals surface area (Å²) in [5.41, 5.74) is 1.72. The molecule has 2 heteroatoms. The Morgan fingerprint density at radius 3 is 2.72 bits per heavy atom. The van der Waals surface area contributed by atoms with Gasteiger partial charge < -0.3 is 5.32 Å². The molecule has 1 aromatic rings. The summed E-state index contributed by atoms with van der Waals surface area (Å²) in [5, 5.41) is 3.60. The molecule has 1 N–H and O–H groups in total. The molecule has 0 spiro atoms. The first kappa shape index (κ1) is 13.6. The van der Waals surface area contributed by atoms with Crippen LogP contribution in [-0.2, 0) is 6.42 Å². The molecular formula is C16H26N2. The number of nitrogens with one attached hydrogen (secondary N) is 1. The van der Waals surface area contributed by atoms with Gasteiger partial charge in [0.25, 0.3) is 0 Å². The van der Waals surface area contributed by atoms with E-state index in [1.807, 2.05) is 0 Å². The van der Waals surface area contributed by atoms with E-state index in [1.54, 1.807) is 0 Å². The number of benzene rings is 1. The van der Waals surface area contributed by atoms with Crippen molar-refractivity contribution in [2.45, 2.75) is 45.2 Å². The van der Waals surface area contributed by atoms with E-state index in [4.69, 9.17) is 0 Å². The van der Waals surface area contributed by atoms with Gasteiger partial charge in [-0.25, -0.2) is 0 Å². The van der Waals surface area contributed by atoms with Gasteiger partial charge in [-0.15, -0.1) is 0 Å². The quantitative estimate of drug-likeness (QED) is 0.878. The summed E-state index contributed by atoms with van der Waals surface area (Å²) >= 11 is 0. The highest BCUT2D eigenvalue weighted by atomic mass is 15.2. The van der Waals surface area contributed by atoms with Crippen LogP contribution in [0.4, 0.5) is 0 Å². The van der Waals surface area contributed by atoms with Crippen molar-refractivity contribution in [2.24, 2.45) is 0 Å². The fourth-order valence-corrected chi connectivity index (χ4v) is 2.70. The van der Waals surface area contributed by atoms with Gasteiger partial charge in [0.2, 0.25) is 0 Å². The third-order valence-corrected chi connectivity index (χ3v) is 3.85. The van der Waals surface area contributed by atoms with Gasteiger partial charge in [-0.1, -0.05) is 30.3 Å². The summed E-state index contributed by atoms with van der Waals surface area (Å²) in [6.07, 6.45) is 2.45. The molecular weight excluding hydrogens is 220 g/mol. The third-order valence-electron chi connectivity index (χ3n) is 3.85. The average Bonchev–Trinajstić information content (AvgIpc) is 2.35. The summed E-state index contributed by atoms with van der Waals surface area (Å²) in [4.78, 5) is 2.62. The highest BCUT2D eigenvalue weighted by Gasteiger charge is 2.29. The van der Waals surface area contributed by atoms with Gasteiger partial charge in [-0.2, -0.15) is 0 Å². The predicted octanol–water partition coefficient (Wildman–Crippen LogP) is 2.69. The molecule has 1 heterocycles. The zero-order valence-electron chi connectivity index (χ0n) is 11.9. The smallest absolute Gasteiger partial charge is 0.0252 e. The van der Waals surface area contributed by atoms with Crippen molar-refractivity contribution >= 4 is 0 Å². The SMILES string of the molecule is CC1CNC(C)(C)CN1CCCc1ccccc1. The van der Waals surface area contributed by atoms with Gasteiger partial charge in [0.15, 0.2) is 0 Å². The number of hydrogen-bond acceptors (Lipinski definition) is 2. The molecule has 0 aliphatic carbocycles. The molecule has 0 radical (unpaired) electrons. The summed E-state index contributed by atoms with van der Waals surface area (Å²) < 4.78 is 0. The summed E-state index contributed by atoms with van der Waals surface area (Å²) in [5.74, 6) is 0. The molecule has 0 amide bonds. The van der Waals surface area contributed by atoms with Gasteiger partial charge >= 0.3 is 0 Å². The monoisotopic (exact) mass is 246 g/mol. The van der Waals surface area contributed by atoms with Crippen molar-refractivity contribution in [1.29, 1.82) is 0 Å². The lowest BCUT2D eigenvalue weighted by molar-refractivity contribution is 0.104. The van der Waals surface area contributed by atoms with Gasteiger partial charge in [-0.05, 0) is 45.7 Å². The Bertz CT molecular complexity index is 359. The lowest BCUT2D eigenvalue weighted by atomic mass is 9.98. The van der Waals surface area contributed by atoms with Crippen molar-refractivity contribution < 1.29 is 0 Å². The number of rotatable bonds is 4. The standard InChI is InChI=1S/C16H26N2/c1-14-12-17-16(2,3)13-18(14)11-7-10-15-8-5-4-6-9-15/h4-6,8-9,14,17H,7,10-13H2,1-3H3. The maximum atomic E-state index is 3.60. The second-order valence-electron chi connectivity index (χ2n) is 6.17. The molecule has 1 unspecified atom stereocenters. The van der Waals surface area contributed by atoms with E-state index < -0.39 is 0 Å². The molecule has 1 saturated heterocycles. The zero-order valence-corrected chi connectivity index (χ0v) is 11.9. The van der Waals surface area contributed by atoms with Gasteiger partial charge in [0.1, 0.15) is 0 Å². The molecule has 100 valence electrons. The zero-order chi connectivity index (χ0) is 13.0. The maximum Gasteiger partial charge on any atom is 0.0252 e. The lowest BCUT2D eigenvalue weighted by Crippen LogP contribution is -2.60. The van der Waals surface area contributed by atoms with Crippen molar-refractivity contribution in [1.82, 2.24) is 10.2 Å². The molecule has 1 fully saturated rings. The van der Waals surface area contributed by atoms with Crippen LogP contribution in [0.5, 0.6) is 0 Å². The first-order valence-corrected chi connectivity index (χ1v) is 7.10. The molecule has 1 aliphatic rings. The van der Waals surface area contributed by atoms with E-state index >= 15 is 0 Å². The average molecular weight is 246 g/mol. The molecule has 1 aliphatic heterocycles. The van der Waals surface area contributed by atoms with Gasteiger partial charge in [0, 0.05) is 24.7 Å². The highest BCUT2D eigenvalue weighted by molar-refractivity contribution is 5.14. The van der Waals surface area contributed by atoms with Gasteiger partial charge in [0.05, 0.1) is 0 Å². The van der Waals surface area contributed by atoms with E-state index in [0.717, 1.165) is 13.1 Å². The minimum absolute atomic E-state index is 0.263. The summed E-state index contributed by atoms with van der Waals surface area (Å²) in [7, 11) is 0. The van der Waals surface area contributed by atoms with Crippen LogP contribution in [0.1, 0.15) is 32.8 Å². The van der Waals surface area contributed by atoms with Crippen LogP contribution >= 0.6 is 0 Å². The topological polar surface area (TPSA) is 15.3 Å². The van der Waals surface area contributed by atoms with Crippen molar-refractivity contribution in [3.63, 3.8) is 0 Å². The Hall–Kier alpha value is -0.860.